The average Bonchev–Trinajstić information content (AvgIpc) is 2.96. The van der Waals surface area contributed by atoms with Crippen molar-refractivity contribution in [2.45, 2.75) is 39.3 Å². The minimum Gasteiger partial charge on any atom is -0.363 e. The lowest BCUT2D eigenvalue weighted by Crippen LogP contribution is -2.21. The molecule has 3 rings (SSSR count). The first-order valence-corrected chi connectivity index (χ1v) is 8.00. The second-order valence-corrected chi connectivity index (χ2v) is 6.58. The van der Waals surface area contributed by atoms with Gasteiger partial charge in [-0.25, -0.2) is 0 Å². The second kappa shape index (κ2) is 5.76. The molecule has 22 heavy (non-hydrogen) atoms. The number of rotatable bonds is 4. The highest BCUT2D eigenvalue weighted by Crippen LogP contribution is 2.32. The van der Waals surface area contributed by atoms with Crippen molar-refractivity contribution in [2.24, 2.45) is 7.05 Å². The molecule has 0 bridgehead atoms. The lowest BCUT2D eigenvalue weighted by molar-refractivity contribution is 0.529. The molecule has 1 aliphatic carbocycles. The number of anilines is 1. The Kier molecular flexibility index (Phi) is 3.96. The van der Waals surface area contributed by atoms with Crippen molar-refractivity contribution in [1.29, 1.82) is 0 Å². The number of nitrogens with one attached hydrogen (secondary N) is 1. The Morgan fingerprint density at radius 1 is 1.32 bits per heavy atom. The number of aryl methyl sites for hydroxylation is 4. The third-order valence-corrected chi connectivity index (χ3v) is 4.64. The van der Waals surface area contributed by atoms with Crippen molar-refractivity contribution in [3.8, 4) is 0 Å². The van der Waals surface area contributed by atoms with E-state index in [1.165, 1.54) is 40.9 Å². The van der Waals surface area contributed by atoms with E-state index in [2.05, 4.69) is 61.5 Å². The summed E-state index contributed by atoms with van der Waals surface area (Å²) in [6.45, 7) is 5.13. The second-order valence-electron chi connectivity index (χ2n) is 6.58. The molecule has 0 fully saturated rings. The smallest absolute Gasteiger partial charge is 0.130 e. The molecule has 1 aliphatic rings. The van der Waals surface area contributed by atoms with Gasteiger partial charge in [0.2, 0.25) is 0 Å². The fourth-order valence-corrected chi connectivity index (χ4v) is 3.64. The molecule has 1 aromatic carbocycles. The van der Waals surface area contributed by atoms with Gasteiger partial charge in [-0.1, -0.05) is 23.8 Å². The van der Waals surface area contributed by atoms with E-state index in [0.717, 1.165) is 12.2 Å². The van der Waals surface area contributed by atoms with Gasteiger partial charge in [0.05, 0.1) is 5.69 Å². The van der Waals surface area contributed by atoms with Gasteiger partial charge in [-0.05, 0) is 37.8 Å². The summed E-state index contributed by atoms with van der Waals surface area (Å²) in [5, 5.41) is 8.31. The zero-order chi connectivity index (χ0) is 15.9. The molecule has 0 saturated carbocycles. The van der Waals surface area contributed by atoms with Crippen molar-refractivity contribution in [3.05, 3.63) is 46.1 Å². The molecule has 118 valence electrons. The summed E-state index contributed by atoms with van der Waals surface area (Å²) in [4.78, 5) is 2.14. The highest BCUT2D eigenvalue weighted by molar-refractivity contribution is 5.49. The third-order valence-electron chi connectivity index (χ3n) is 4.64. The van der Waals surface area contributed by atoms with Gasteiger partial charge in [0.15, 0.2) is 0 Å². The summed E-state index contributed by atoms with van der Waals surface area (Å²) in [7, 11) is 6.17. The lowest BCUT2D eigenvalue weighted by Gasteiger charge is -2.18. The molecule has 4 heteroatoms. The zero-order valence-electron chi connectivity index (χ0n) is 14.3. The summed E-state index contributed by atoms with van der Waals surface area (Å²) >= 11 is 0. The Labute approximate surface area is 133 Å². The van der Waals surface area contributed by atoms with E-state index in [1.807, 2.05) is 11.7 Å². The lowest BCUT2D eigenvalue weighted by atomic mass is 10.1. The predicted octanol–water partition coefficient (Wildman–Crippen LogP) is 2.88. The van der Waals surface area contributed by atoms with E-state index in [1.54, 1.807) is 0 Å². The van der Waals surface area contributed by atoms with Gasteiger partial charge in [0.1, 0.15) is 5.82 Å². The van der Waals surface area contributed by atoms with E-state index in [-0.39, 0.29) is 0 Å². The van der Waals surface area contributed by atoms with E-state index in [4.69, 9.17) is 0 Å². The minimum atomic E-state index is 0.463. The zero-order valence-corrected chi connectivity index (χ0v) is 14.3. The first-order valence-electron chi connectivity index (χ1n) is 8.00. The number of nitrogens with zero attached hydrogens (tertiary/aromatic N) is 3. The fourth-order valence-electron chi connectivity index (χ4n) is 3.64. The quantitative estimate of drug-likeness (QED) is 0.942. The topological polar surface area (TPSA) is 33.1 Å². The van der Waals surface area contributed by atoms with Crippen LogP contribution in [0.15, 0.2) is 18.2 Å². The van der Waals surface area contributed by atoms with Crippen LogP contribution in [0.5, 0.6) is 0 Å². The summed E-state index contributed by atoms with van der Waals surface area (Å²) in [5.74, 6) is 1.19. The van der Waals surface area contributed by atoms with E-state index in [9.17, 15) is 0 Å². The van der Waals surface area contributed by atoms with Crippen LogP contribution in [-0.2, 0) is 20.0 Å². The fraction of sp³-hybridized carbons (Fsp3) is 0.500. The summed E-state index contributed by atoms with van der Waals surface area (Å²) in [6.07, 6.45) is 2.37. The molecular weight excluding hydrogens is 272 g/mol. The van der Waals surface area contributed by atoms with Gasteiger partial charge in [-0.15, -0.1) is 0 Å². The molecule has 1 aromatic heterocycles. The van der Waals surface area contributed by atoms with Crippen LogP contribution >= 0.6 is 0 Å². The number of fused-ring (bicyclic) bond motifs is 1. The number of benzene rings is 1. The maximum atomic E-state index is 4.57. The minimum absolute atomic E-state index is 0.463. The van der Waals surface area contributed by atoms with Gasteiger partial charge in [-0.2, -0.15) is 5.10 Å². The molecule has 0 spiro atoms. The number of hydrogen-bond donors (Lipinski definition) is 1. The van der Waals surface area contributed by atoms with Crippen LogP contribution in [0.25, 0.3) is 0 Å². The molecule has 0 saturated heterocycles. The molecular formula is C18H26N4. The van der Waals surface area contributed by atoms with Crippen LogP contribution in [0.1, 0.15) is 40.4 Å². The normalized spacial score (nSPS) is 16.9. The molecule has 2 aromatic rings. The van der Waals surface area contributed by atoms with Crippen LogP contribution in [0, 0.1) is 13.8 Å². The van der Waals surface area contributed by atoms with Crippen LogP contribution < -0.4 is 10.2 Å². The summed E-state index contributed by atoms with van der Waals surface area (Å²) in [5.41, 5.74) is 6.75. The first kappa shape index (κ1) is 15.1. The predicted molar refractivity (Wildman–Crippen MR) is 91.4 cm³/mol. The Balaban J connectivity index is 1.78. The van der Waals surface area contributed by atoms with Crippen molar-refractivity contribution >= 4 is 5.82 Å². The summed E-state index contributed by atoms with van der Waals surface area (Å²) in [6, 6.07) is 7.31. The Hall–Kier alpha value is -1.81. The Morgan fingerprint density at radius 3 is 2.82 bits per heavy atom. The van der Waals surface area contributed by atoms with Crippen LogP contribution in [0.2, 0.25) is 0 Å². The van der Waals surface area contributed by atoms with Crippen LogP contribution in [0.4, 0.5) is 5.82 Å². The van der Waals surface area contributed by atoms with E-state index in [0.29, 0.717) is 6.04 Å². The van der Waals surface area contributed by atoms with Gasteiger partial charge in [0.25, 0.3) is 0 Å². The van der Waals surface area contributed by atoms with Crippen molar-refractivity contribution in [1.82, 2.24) is 15.1 Å². The Bertz CT molecular complexity index is 685. The molecule has 0 unspecified atom stereocenters. The van der Waals surface area contributed by atoms with Gasteiger partial charge in [-0.3, -0.25) is 4.68 Å². The number of aromatic nitrogens is 2. The molecule has 4 nitrogen and oxygen atoms in total. The molecule has 1 heterocycles. The third kappa shape index (κ3) is 2.63. The van der Waals surface area contributed by atoms with Crippen LogP contribution in [-0.4, -0.2) is 23.9 Å². The molecule has 1 atom stereocenters. The van der Waals surface area contributed by atoms with Gasteiger partial charge >= 0.3 is 0 Å². The van der Waals surface area contributed by atoms with E-state index >= 15 is 0 Å². The monoisotopic (exact) mass is 298 g/mol. The van der Waals surface area contributed by atoms with Crippen LogP contribution in [0.3, 0.4) is 0 Å². The van der Waals surface area contributed by atoms with Gasteiger partial charge in [0, 0.05) is 39.3 Å². The molecule has 1 N–H and O–H groups in total. The largest absolute Gasteiger partial charge is 0.363 e. The highest BCUT2D eigenvalue weighted by Gasteiger charge is 2.23. The SMILES string of the molecule is Cc1ccc2c(c1)CC[C@@H]2NCc1c(C)nn(C)c1N(C)C. The Morgan fingerprint density at radius 2 is 2.09 bits per heavy atom. The van der Waals surface area contributed by atoms with E-state index < -0.39 is 0 Å². The first-order chi connectivity index (χ1) is 10.5. The highest BCUT2D eigenvalue weighted by atomic mass is 15.4. The maximum absolute atomic E-state index is 4.57. The summed E-state index contributed by atoms with van der Waals surface area (Å²) < 4.78 is 1.97. The number of hydrogen-bond acceptors (Lipinski definition) is 3. The standard InChI is InChI=1S/C18H26N4/c1-12-6-8-15-14(10-12)7-9-17(15)19-11-16-13(2)20-22(5)18(16)21(3)4/h6,8,10,17,19H,7,9,11H2,1-5H3/t17-/m0/s1. The van der Waals surface area contributed by atoms with Crippen molar-refractivity contribution < 1.29 is 0 Å². The maximum Gasteiger partial charge on any atom is 0.130 e. The van der Waals surface area contributed by atoms with Gasteiger partial charge < -0.3 is 10.2 Å². The average molecular weight is 298 g/mol. The van der Waals surface area contributed by atoms with Crippen molar-refractivity contribution in [3.63, 3.8) is 0 Å². The van der Waals surface area contributed by atoms with Crippen molar-refractivity contribution in [2.75, 3.05) is 19.0 Å². The molecule has 0 radical (unpaired) electrons. The molecule has 0 aliphatic heterocycles. The molecule has 0 amide bonds.